The van der Waals surface area contributed by atoms with Crippen molar-refractivity contribution in [1.29, 1.82) is 0 Å². The van der Waals surface area contributed by atoms with Crippen molar-refractivity contribution in [1.82, 2.24) is 10.1 Å². The van der Waals surface area contributed by atoms with Gasteiger partial charge in [0, 0.05) is 25.1 Å². The van der Waals surface area contributed by atoms with Gasteiger partial charge >= 0.3 is 0 Å². The van der Waals surface area contributed by atoms with Gasteiger partial charge in [0.1, 0.15) is 11.5 Å². The third-order valence-electron chi connectivity index (χ3n) is 5.67. The van der Waals surface area contributed by atoms with Crippen LogP contribution in [0.3, 0.4) is 0 Å². The maximum absolute atomic E-state index is 13.2. The van der Waals surface area contributed by atoms with Crippen molar-refractivity contribution in [2.75, 3.05) is 18.0 Å². The Kier molecular flexibility index (Phi) is 6.75. The lowest BCUT2D eigenvalue weighted by atomic mass is 10.0. The fourth-order valence-corrected chi connectivity index (χ4v) is 4.10. The fourth-order valence-electron chi connectivity index (χ4n) is 4.10. The van der Waals surface area contributed by atoms with E-state index in [0.717, 1.165) is 54.4 Å². The summed E-state index contributed by atoms with van der Waals surface area (Å²) in [5.74, 6) is 1.95. The van der Waals surface area contributed by atoms with Gasteiger partial charge in [-0.25, -0.2) is 0 Å². The van der Waals surface area contributed by atoms with E-state index in [9.17, 15) is 4.79 Å². The van der Waals surface area contributed by atoms with E-state index in [4.69, 9.17) is 8.94 Å². The van der Waals surface area contributed by atoms with Gasteiger partial charge in [-0.1, -0.05) is 49.3 Å². The molecule has 0 unspecified atom stereocenters. The van der Waals surface area contributed by atoms with Crippen molar-refractivity contribution < 1.29 is 13.7 Å². The van der Waals surface area contributed by atoms with E-state index in [2.05, 4.69) is 23.9 Å². The summed E-state index contributed by atoms with van der Waals surface area (Å²) in [6.45, 7) is 6.90. The number of rotatable bonds is 8. The lowest BCUT2D eigenvalue weighted by Gasteiger charge is -2.28. The molecule has 0 spiro atoms. The number of benzene rings is 1. The Morgan fingerprint density at radius 2 is 1.84 bits per heavy atom. The molecule has 0 N–H and O–H groups in total. The van der Waals surface area contributed by atoms with Gasteiger partial charge in [-0.2, -0.15) is 0 Å². The lowest BCUT2D eigenvalue weighted by molar-refractivity contribution is -0.133. The number of hydrogen-bond donors (Lipinski definition) is 0. The molecule has 1 aromatic carbocycles. The van der Waals surface area contributed by atoms with Crippen molar-refractivity contribution in [3.05, 3.63) is 60.1 Å². The number of hydrogen-bond acceptors (Lipinski definition) is 5. The molecule has 6 nitrogen and oxygen atoms in total. The summed E-state index contributed by atoms with van der Waals surface area (Å²) in [7, 11) is 0. The molecule has 4 rings (SSSR count). The van der Waals surface area contributed by atoms with Crippen molar-refractivity contribution >= 4 is 11.8 Å². The van der Waals surface area contributed by atoms with Crippen LogP contribution in [0.4, 0.5) is 5.88 Å². The summed E-state index contributed by atoms with van der Waals surface area (Å²) < 4.78 is 11.5. The van der Waals surface area contributed by atoms with Crippen LogP contribution in [0.5, 0.6) is 0 Å². The largest absolute Gasteiger partial charge is 0.467 e. The number of aromatic nitrogens is 1. The molecular formula is C25H31N3O3. The zero-order valence-electron chi connectivity index (χ0n) is 18.4. The average molecular weight is 422 g/mol. The lowest BCUT2D eigenvalue weighted by Crippen LogP contribution is -2.33. The minimum absolute atomic E-state index is 0.108. The monoisotopic (exact) mass is 421 g/mol. The molecule has 1 saturated heterocycles. The van der Waals surface area contributed by atoms with E-state index < -0.39 is 0 Å². The highest BCUT2D eigenvalue weighted by molar-refractivity contribution is 5.77. The molecule has 6 heteroatoms. The Balaban J connectivity index is 1.69. The molecular weight excluding hydrogens is 390 g/mol. The molecule has 0 atom stereocenters. The Morgan fingerprint density at radius 3 is 2.52 bits per heavy atom. The quantitative estimate of drug-likeness (QED) is 0.481. The van der Waals surface area contributed by atoms with E-state index >= 15 is 0 Å². The average Bonchev–Trinajstić information content (AvgIpc) is 3.44. The van der Waals surface area contributed by atoms with Gasteiger partial charge in [-0.05, 0) is 37.3 Å². The smallest absolute Gasteiger partial charge is 0.232 e. The van der Waals surface area contributed by atoms with Gasteiger partial charge in [0.05, 0.1) is 24.9 Å². The first-order chi connectivity index (χ1) is 15.1. The highest BCUT2D eigenvalue weighted by Crippen LogP contribution is 2.34. The highest BCUT2D eigenvalue weighted by atomic mass is 16.5. The molecule has 1 aliphatic heterocycles. The third-order valence-corrected chi connectivity index (χ3v) is 5.67. The van der Waals surface area contributed by atoms with E-state index in [0.29, 0.717) is 19.5 Å². The van der Waals surface area contributed by atoms with Crippen molar-refractivity contribution in [2.24, 2.45) is 5.92 Å². The minimum Gasteiger partial charge on any atom is -0.467 e. The van der Waals surface area contributed by atoms with E-state index in [-0.39, 0.29) is 11.8 Å². The SMILES string of the molecule is CC(C)CC(=O)N(Cc1ccco1)Cc1c(-c2ccccc2)noc1N1CCCCC1. The Hall–Kier alpha value is -3.02. The molecule has 0 saturated carbocycles. The van der Waals surface area contributed by atoms with Crippen LogP contribution in [0, 0.1) is 5.92 Å². The second-order valence-corrected chi connectivity index (χ2v) is 8.66. The third kappa shape index (κ3) is 5.19. The number of piperidine rings is 1. The number of carbonyl (C=O) groups is 1. The zero-order valence-corrected chi connectivity index (χ0v) is 18.4. The summed E-state index contributed by atoms with van der Waals surface area (Å²) in [6, 6.07) is 13.8. The zero-order chi connectivity index (χ0) is 21.6. The van der Waals surface area contributed by atoms with E-state index in [1.54, 1.807) is 6.26 Å². The molecule has 0 bridgehead atoms. The van der Waals surface area contributed by atoms with E-state index in [1.807, 2.05) is 47.4 Å². The normalized spacial score (nSPS) is 14.2. The summed E-state index contributed by atoms with van der Waals surface area (Å²) in [4.78, 5) is 17.3. The maximum Gasteiger partial charge on any atom is 0.232 e. The number of amides is 1. The number of nitrogens with zero attached hydrogens (tertiary/aromatic N) is 3. The first-order valence-electron chi connectivity index (χ1n) is 11.2. The first-order valence-corrected chi connectivity index (χ1v) is 11.2. The Morgan fingerprint density at radius 1 is 1.06 bits per heavy atom. The predicted molar refractivity (Wildman–Crippen MR) is 120 cm³/mol. The Bertz CT molecular complexity index is 957. The summed E-state index contributed by atoms with van der Waals surface area (Å²) in [6.07, 6.45) is 5.66. The van der Waals surface area contributed by atoms with Crippen LogP contribution in [-0.2, 0) is 17.9 Å². The molecule has 1 aliphatic rings. The van der Waals surface area contributed by atoms with Gasteiger partial charge in [0.15, 0.2) is 0 Å². The molecule has 164 valence electrons. The van der Waals surface area contributed by atoms with Gasteiger partial charge < -0.3 is 18.7 Å². The number of carbonyl (C=O) groups excluding carboxylic acids is 1. The Labute approximate surface area is 183 Å². The molecule has 31 heavy (non-hydrogen) atoms. The van der Waals surface area contributed by atoms with Gasteiger partial charge in [-0.15, -0.1) is 0 Å². The standard InChI is InChI=1S/C25H31N3O3/c1-19(2)16-23(29)28(17-21-12-9-15-30-21)18-22-24(20-10-5-3-6-11-20)26-31-25(22)27-13-7-4-8-14-27/h3,5-6,9-12,15,19H,4,7-8,13-14,16-18H2,1-2H3. The highest BCUT2D eigenvalue weighted by Gasteiger charge is 2.27. The van der Waals surface area contributed by atoms with Crippen LogP contribution < -0.4 is 4.90 Å². The summed E-state index contributed by atoms with van der Waals surface area (Å²) in [5.41, 5.74) is 2.78. The fraction of sp³-hybridized carbons (Fsp3) is 0.440. The van der Waals surface area contributed by atoms with Crippen LogP contribution in [0.2, 0.25) is 0 Å². The van der Waals surface area contributed by atoms with Crippen molar-refractivity contribution in [3.8, 4) is 11.3 Å². The maximum atomic E-state index is 13.2. The molecule has 3 heterocycles. The second kappa shape index (κ2) is 9.86. The van der Waals surface area contributed by atoms with Gasteiger partial charge in [0.2, 0.25) is 11.8 Å². The van der Waals surface area contributed by atoms with Gasteiger partial charge in [0.25, 0.3) is 0 Å². The molecule has 3 aromatic rings. The predicted octanol–water partition coefficient (Wildman–Crippen LogP) is 5.50. The van der Waals surface area contributed by atoms with Crippen LogP contribution in [0.15, 0.2) is 57.7 Å². The molecule has 2 aromatic heterocycles. The van der Waals surface area contributed by atoms with E-state index in [1.165, 1.54) is 6.42 Å². The van der Waals surface area contributed by atoms with Crippen LogP contribution >= 0.6 is 0 Å². The molecule has 1 fully saturated rings. The summed E-state index contributed by atoms with van der Waals surface area (Å²) in [5, 5.41) is 4.45. The first kappa shape index (κ1) is 21.2. The molecule has 0 radical (unpaired) electrons. The van der Waals surface area contributed by atoms with Gasteiger partial charge in [-0.3, -0.25) is 4.79 Å². The molecule has 0 aliphatic carbocycles. The minimum atomic E-state index is 0.108. The second-order valence-electron chi connectivity index (χ2n) is 8.66. The van der Waals surface area contributed by atoms with Crippen molar-refractivity contribution in [3.63, 3.8) is 0 Å². The number of anilines is 1. The molecule has 1 amide bonds. The number of furan rings is 1. The summed E-state index contributed by atoms with van der Waals surface area (Å²) >= 11 is 0. The topological polar surface area (TPSA) is 62.7 Å². The van der Waals surface area contributed by atoms with Crippen LogP contribution in [0.1, 0.15) is 50.9 Å². The van der Waals surface area contributed by atoms with Crippen LogP contribution in [0.25, 0.3) is 11.3 Å². The van der Waals surface area contributed by atoms with Crippen molar-refractivity contribution in [2.45, 2.75) is 52.6 Å². The van der Waals surface area contributed by atoms with Crippen LogP contribution in [-0.4, -0.2) is 29.1 Å².